The number of rotatable bonds is 8. The van der Waals surface area contributed by atoms with Gasteiger partial charge in [-0.25, -0.2) is 0 Å². The van der Waals surface area contributed by atoms with Gasteiger partial charge in [-0.2, -0.15) is 4.68 Å². The molecule has 0 aliphatic rings. The van der Waals surface area contributed by atoms with Crippen molar-refractivity contribution in [3.63, 3.8) is 0 Å². The smallest absolute Gasteiger partial charge is 0.233 e. The minimum absolute atomic E-state index is 0.0148. The van der Waals surface area contributed by atoms with Crippen LogP contribution < -0.4 is 5.32 Å². The van der Waals surface area contributed by atoms with Crippen molar-refractivity contribution in [2.45, 2.75) is 50.4 Å². The van der Waals surface area contributed by atoms with Crippen molar-refractivity contribution < 1.29 is 4.79 Å². The molecule has 7 heteroatoms. The van der Waals surface area contributed by atoms with Gasteiger partial charge in [-0.05, 0) is 66.4 Å². The number of hydrogen-bond acceptors (Lipinski definition) is 5. The Hall–Kier alpha value is -2.67. The van der Waals surface area contributed by atoms with Crippen molar-refractivity contribution in [2.75, 3.05) is 6.54 Å². The van der Waals surface area contributed by atoms with Gasteiger partial charge in [0.1, 0.15) is 0 Å². The van der Waals surface area contributed by atoms with E-state index in [0.717, 1.165) is 12.1 Å². The fraction of sp³-hybridized carbons (Fsp3) is 0.364. The van der Waals surface area contributed by atoms with Crippen molar-refractivity contribution >= 4 is 17.7 Å². The topological polar surface area (TPSA) is 72.7 Å². The first-order valence-electron chi connectivity index (χ1n) is 9.85. The Labute approximate surface area is 176 Å². The number of tetrazole rings is 1. The summed E-state index contributed by atoms with van der Waals surface area (Å²) in [4.78, 5) is 12.7. The van der Waals surface area contributed by atoms with E-state index in [9.17, 15) is 4.79 Å². The molecule has 1 amide bonds. The molecule has 2 atom stereocenters. The molecule has 0 radical (unpaired) electrons. The van der Waals surface area contributed by atoms with E-state index < -0.39 is 0 Å². The van der Waals surface area contributed by atoms with Gasteiger partial charge >= 0.3 is 0 Å². The highest BCUT2D eigenvalue weighted by atomic mass is 32.2. The van der Waals surface area contributed by atoms with E-state index in [2.05, 4.69) is 53.7 Å². The first-order valence-corrected chi connectivity index (χ1v) is 10.7. The number of hydrogen-bond donors (Lipinski definition) is 1. The predicted octanol–water partition coefficient (Wildman–Crippen LogP) is 4.07. The van der Waals surface area contributed by atoms with E-state index in [1.54, 1.807) is 4.68 Å². The Morgan fingerprint density at radius 3 is 2.59 bits per heavy atom. The van der Waals surface area contributed by atoms with Gasteiger partial charge in [-0.1, -0.05) is 55.1 Å². The third-order valence-electron chi connectivity index (χ3n) is 5.11. The lowest BCUT2D eigenvalue weighted by molar-refractivity contribution is -0.120. The largest absolute Gasteiger partial charge is 0.355 e. The fourth-order valence-electron chi connectivity index (χ4n) is 3.07. The van der Waals surface area contributed by atoms with Crippen LogP contribution in [0.2, 0.25) is 0 Å². The molecule has 1 N–H and O–H groups in total. The third kappa shape index (κ3) is 5.23. The van der Waals surface area contributed by atoms with Gasteiger partial charge in [-0.3, -0.25) is 4.79 Å². The summed E-state index contributed by atoms with van der Waals surface area (Å²) in [5.74, 6) is 0.289. The maximum Gasteiger partial charge on any atom is 0.233 e. The van der Waals surface area contributed by atoms with Crippen LogP contribution in [0.15, 0.2) is 53.7 Å². The summed E-state index contributed by atoms with van der Waals surface area (Å²) < 4.78 is 1.68. The molecule has 0 saturated carbocycles. The predicted molar refractivity (Wildman–Crippen MR) is 116 cm³/mol. The highest BCUT2D eigenvalue weighted by molar-refractivity contribution is 8.00. The highest BCUT2D eigenvalue weighted by Crippen LogP contribution is 2.24. The maximum atomic E-state index is 12.7. The van der Waals surface area contributed by atoms with E-state index >= 15 is 0 Å². The minimum atomic E-state index is -0.306. The fourth-order valence-corrected chi connectivity index (χ4v) is 3.91. The molecule has 152 valence electrons. The molecule has 0 spiro atoms. The number of thioether (sulfide) groups is 1. The summed E-state index contributed by atoms with van der Waals surface area (Å²) in [6, 6.07) is 16.4. The van der Waals surface area contributed by atoms with Crippen LogP contribution in [0, 0.1) is 13.8 Å². The second-order valence-corrected chi connectivity index (χ2v) is 8.47. The molecule has 1 aromatic heterocycles. The van der Waals surface area contributed by atoms with Gasteiger partial charge in [0.2, 0.25) is 11.1 Å². The Balaban J connectivity index is 1.63. The molecular weight excluding hydrogens is 382 g/mol. The van der Waals surface area contributed by atoms with Crippen molar-refractivity contribution in [3.8, 4) is 5.69 Å². The summed E-state index contributed by atoms with van der Waals surface area (Å²) in [6.45, 7) is 8.76. The lowest BCUT2D eigenvalue weighted by Crippen LogP contribution is -2.34. The summed E-state index contributed by atoms with van der Waals surface area (Å²) >= 11 is 1.36. The zero-order chi connectivity index (χ0) is 20.8. The van der Waals surface area contributed by atoms with Crippen LogP contribution in [0.1, 0.15) is 42.9 Å². The minimum Gasteiger partial charge on any atom is -0.355 e. The third-order valence-corrected chi connectivity index (χ3v) is 6.15. The quantitative estimate of drug-likeness (QED) is 0.568. The van der Waals surface area contributed by atoms with Crippen LogP contribution in [0.3, 0.4) is 0 Å². The molecule has 3 aromatic rings. The van der Waals surface area contributed by atoms with Gasteiger partial charge in [-0.15, -0.1) is 5.10 Å². The van der Waals surface area contributed by atoms with E-state index in [1.165, 1.54) is 28.5 Å². The lowest BCUT2D eigenvalue weighted by Gasteiger charge is -2.18. The lowest BCUT2D eigenvalue weighted by atomic mass is 9.96. The van der Waals surface area contributed by atoms with E-state index in [0.29, 0.717) is 17.6 Å². The molecule has 0 aliphatic heterocycles. The van der Waals surface area contributed by atoms with Crippen molar-refractivity contribution in [1.82, 2.24) is 25.5 Å². The average Bonchev–Trinajstić information content (AvgIpc) is 3.19. The molecule has 0 bridgehead atoms. The van der Waals surface area contributed by atoms with E-state index in [-0.39, 0.29) is 11.2 Å². The van der Waals surface area contributed by atoms with Gasteiger partial charge in [0.25, 0.3) is 0 Å². The highest BCUT2D eigenvalue weighted by Gasteiger charge is 2.20. The summed E-state index contributed by atoms with van der Waals surface area (Å²) in [7, 11) is 0. The van der Waals surface area contributed by atoms with Crippen molar-refractivity contribution in [1.29, 1.82) is 0 Å². The molecule has 1 heterocycles. The van der Waals surface area contributed by atoms with Crippen LogP contribution >= 0.6 is 11.8 Å². The number of nitrogens with one attached hydrogen (secondary N) is 1. The van der Waals surface area contributed by atoms with E-state index in [1.807, 2.05) is 43.3 Å². The molecule has 0 aliphatic carbocycles. The van der Waals surface area contributed by atoms with E-state index in [4.69, 9.17) is 0 Å². The number of aryl methyl sites for hydroxylation is 2. The first kappa shape index (κ1) is 21.0. The molecular formula is C22H27N5OS. The van der Waals surface area contributed by atoms with Gasteiger partial charge in [0, 0.05) is 12.5 Å². The Bertz CT molecular complexity index is 957. The summed E-state index contributed by atoms with van der Waals surface area (Å²) in [5.41, 5.74) is 4.52. The molecule has 6 nitrogen and oxygen atoms in total. The molecule has 29 heavy (non-hydrogen) atoms. The molecule has 2 aromatic carbocycles. The van der Waals surface area contributed by atoms with Crippen LogP contribution in [0.25, 0.3) is 5.69 Å². The maximum absolute atomic E-state index is 12.7. The normalized spacial score (nSPS) is 13.1. The van der Waals surface area contributed by atoms with Gasteiger partial charge in [0.15, 0.2) is 0 Å². The molecule has 3 rings (SSSR count). The summed E-state index contributed by atoms with van der Waals surface area (Å²) in [6.07, 6.45) is 0.969. The van der Waals surface area contributed by atoms with Crippen LogP contribution in [-0.2, 0) is 4.79 Å². The average molecular weight is 410 g/mol. The standard InChI is InChI=1S/C22H27N5OS/c1-5-18(19-9-7-6-8-10-19)14-23-21(28)17(4)29-22-24-25-26-27(22)20-12-11-15(2)16(3)13-20/h6-13,17-18H,5,14H2,1-4H3,(H,23,28)/t17-,18+/m0/s1. The number of benzene rings is 2. The second-order valence-electron chi connectivity index (χ2n) is 7.16. The number of carbonyl (C=O) groups excluding carboxylic acids is 1. The van der Waals surface area contributed by atoms with Crippen molar-refractivity contribution in [3.05, 3.63) is 65.2 Å². The molecule has 0 fully saturated rings. The monoisotopic (exact) mass is 409 g/mol. The Morgan fingerprint density at radius 1 is 1.14 bits per heavy atom. The zero-order valence-corrected chi connectivity index (χ0v) is 18.1. The number of carbonyl (C=O) groups is 1. The van der Waals surface area contributed by atoms with Crippen LogP contribution in [-0.4, -0.2) is 37.9 Å². The van der Waals surface area contributed by atoms with Gasteiger partial charge in [0.05, 0.1) is 10.9 Å². The van der Waals surface area contributed by atoms with Crippen molar-refractivity contribution in [2.24, 2.45) is 0 Å². The van der Waals surface area contributed by atoms with Crippen LogP contribution in [0.5, 0.6) is 0 Å². The number of amides is 1. The number of nitrogens with zero attached hydrogens (tertiary/aromatic N) is 4. The zero-order valence-electron chi connectivity index (χ0n) is 17.3. The second kappa shape index (κ2) is 9.69. The van der Waals surface area contributed by atoms with Crippen LogP contribution in [0.4, 0.5) is 0 Å². The number of aromatic nitrogens is 4. The summed E-state index contributed by atoms with van der Waals surface area (Å²) in [5, 5.41) is 15.4. The SMILES string of the molecule is CC[C@H](CNC(=O)[C@H](C)Sc1nnnn1-c1ccc(C)c(C)c1)c1ccccc1. The molecule has 0 saturated heterocycles. The Kier molecular flexibility index (Phi) is 7.04. The first-order chi connectivity index (χ1) is 14.0. The molecule has 0 unspecified atom stereocenters. The van der Waals surface area contributed by atoms with Gasteiger partial charge < -0.3 is 5.32 Å². The Morgan fingerprint density at radius 2 is 1.90 bits per heavy atom.